The Morgan fingerprint density at radius 3 is 2.50 bits per heavy atom. The third-order valence-electron chi connectivity index (χ3n) is 2.21. The second-order valence-corrected chi connectivity index (χ2v) is 3.86. The van der Waals surface area contributed by atoms with E-state index in [2.05, 4.69) is 5.10 Å². The minimum Gasteiger partial charge on any atom is -0.396 e. The normalized spacial score (nSPS) is 11.8. The van der Waals surface area contributed by atoms with Crippen LogP contribution < -0.4 is 5.73 Å². The Labute approximate surface area is 104 Å². The molecule has 8 heteroatoms. The summed E-state index contributed by atoms with van der Waals surface area (Å²) in [7, 11) is 0. The number of hydrogen-bond donors (Lipinski definition) is 1. The topological polar surface area (TPSA) is 43.8 Å². The molecule has 2 N–H and O–H groups in total. The summed E-state index contributed by atoms with van der Waals surface area (Å²) < 4.78 is 52.0. The Kier molecular flexibility index (Phi) is 2.94. The molecule has 1 aromatic heterocycles. The molecule has 96 valence electrons. The van der Waals surface area contributed by atoms with Crippen molar-refractivity contribution in [3.63, 3.8) is 0 Å². The Morgan fingerprint density at radius 1 is 1.28 bits per heavy atom. The minimum atomic E-state index is -4.68. The first kappa shape index (κ1) is 12.7. The van der Waals surface area contributed by atoms with Crippen molar-refractivity contribution in [2.45, 2.75) is 6.18 Å². The number of nitrogens with two attached hydrogens (primary N) is 1. The number of alkyl halides is 3. The average Bonchev–Trinajstić information content (AvgIpc) is 2.64. The molecule has 1 aromatic carbocycles. The Hall–Kier alpha value is -1.76. The van der Waals surface area contributed by atoms with Crippen LogP contribution in [0.3, 0.4) is 0 Å². The highest BCUT2D eigenvalue weighted by atomic mass is 35.5. The van der Waals surface area contributed by atoms with Crippen molar-refractivity contribution >= 4 is 17.3 Å². The largest absolute Gasteiger partial charge is 0.435 e. The standard InChI is InChI=1S/C10H6ClF4N3/c11-6-2-1-5(3-7(6)12)18-9(10(13,14)15)8(16)4-17-18/h1-4H,16H2. The highest BCUT2D eigenvalue weighted by molar-refractivity contribution is 6.30. The van der Waals surface area contributed by atoms with E-state index in [1.807, 2.05) is 0 Å². The molecule has 1 heterocycles. The van der Waals surface area contributed by atoms with E-state index in [-0.39, 0.29) is 10.7 Å². The molecule has 0 spiro atoms. The van der Waals surface area contributed by atoms with Crippen molar-refractivity contribution in [1.29, 1.82) is 0 Å². The van der Waals surface area contributed by atoms with E-state index in [0.29, 0.717) is 4.68 Å². The summed E-state index contributed by atoms with van der Waals surface area (Å²) in [5, 5.41) is 3.30. The zero-order valence-electron chi connectivity index (χ0n) is 8.67. The van der Waals surface area contributed by atoms with Crippen molar-refractivity contribution < 1.29 is 17.6 Å². The highest BCUT2D eigenvalue weighted by Crippen LogP contribution is 2.35. The Balaban J connectivity index is 2.61. The molecule has 18 heavy (non-hydrogen) atoms. The zero-order valence-corrected chi connectivity index (χ0v) is 9.43. The smallest absolute Gasteiger partial charge is 0.396 e. The third-order valence-corrected chi connectivity index (χ3v) is 2.52. The summed E-state index contributed by atoms with van der Waals surface area (Å²) >= 11 is 5.45. The maximum atomic E-state index is 13.2. The van der Waals surface area contributed by atoms with Crippen molar-refractivity contribution in [2.75, 3.05) is 5.73 Å². The quantitative estimate of drug-likeness (QED) is 0.814. The molecule has 2 aromatic rings. The third kappa shape index (κ3) is 2.13. The number of anilines is 1. The lowest BCUT2D eigenvalue weighted by atomic mass is 10.3. The van der Waals surface area contributed by atoms with Gasteiger partial charge >= 0.3 is 6.18 Å². The zero-order chi connectivity index (χ0) is 13.5. The molecule has 0 saturated heterocycles. The van der Waals surface area contributed by atoms with Gasteiger partial charge in [-0.3, -0.25) is 0 Å². The van der Waals surface area contributed by atoms with E-state index in [0.717, 1.165) is 18.3 Å². The van der Waals surface area contributed by atoms with Crippen LogP contribution in [0, 0.1) is 5.82 Å². The van der Waals surface area contributed by atoms with Crippen LogP contribution in [0.25, 0.3) is 5.69 Å². The van der Waals surface area contributed by atoms with Gasteiger partial charge in [0.15, 0.2) is 5.69 Å². The number of nitrogen functional groups attached to an aromatic ring is 1. The summed E-state index contributed by atoms with van der Waals surface area (Å²) in [6.45, 7) is 0. The van der Waals surface area contributed by atoms with Gasteiger partial charge in [-0.2, -0.15) is 18.3 Å². The van der Waals surface area contributed by atoms with Gasteiger partial charge in [0.2, 0.25) is 0 Å². The van der Waals surface area contributed by atoms with Crippen LogP contribution >= 0.6 is 11.6 Å². The van der Waals surface area contributed by atoms with Gasteiger partial charge in [-0.05, 0) is 12.1 Å². The van der Waals surface area contributed by atoms with E-state index in [1.54, 1.807) is 0 Å². The number of hydrogen-bond acceptors (Lipinski definition) is 2. The Morgan fingerprint density at radius 2 is 1.94 bits per heavy atom. The molecule has 0 unspecified atom stereocenters. The van der Waals surface area contributed by atoms with Gasteiger partial charge < -0.3 is 5.73 Å². The molecular weight excluding hydrogens is 274 g/mol. The van der Waals surface area contributed by atoms with Crippen LogP contribution in [0.15, 0.2) is 24.4 Å². The first-order valence-electron chi connectivity index (χ1n) is 4.67. The molecule has 0 bridgehead atoms. The van der Waals surface area contributed by atoms with Crippen LogP contribution in [0.5, 0.6) is 0 Å². The SMILES string of the molecule is Nc1cnn(-c2ccc(Cl)c(F)c2)c1C(F)(F)F. The number of rotatable bonds is 1. The summed E-state index contributed by atoms with van der Waals surface area (Å²) in [5.41, 5.74) is 3.42. The number of halogens is 5. The molecule has 0 radical (unpaired) electrons. The molecule has 0 aliphatic carbocycles. The van der Waals surface area contributed by atoms with Crippen molar-refractivity contribution in [2.24, 2.45) is 0 Å². The van der Waals surface area contributed by atoms with Gasteiger partial charge in [0, 0.05) is 6.07 Å². The molecule has 0 saturated carbocycles. The van der Waals surface area contributed by atoms with Gasteiger partial charge in [0.25, 0.3) is 0 Å². The first-order chi connectivity index (χ1) is 8.30. The number of benzene rings is 1. The fraction of sp³-hybridized carbons (Fsp3) is 0.100. The van der Waals surface area contributed by atoms with Gasteiger partial charge in [-0.1, -0.05) is 11.6 Å². The van der Waals surface area contributed by atoms with Gasteiger partial charge in [-0.25, -0.2) is 9.07 Å². The van der Waals surface area contributed by atoms with Crippen LogP contribution in [-0.4, -0.2) is 9.78 Å². The van der Waals surface area contributed by atoms with Crippen molar-refractivity contribution in [3.05, 3.63) is 40.9 Å². The van der Waals surface area contributed by atoms with Crippen LogP contribution in [0.1, 0.15) is 5.69 Å². The predicted molar refractivity (Wildman–Crippen MR) is 57.9 cm³/mol. The highest BCUT2D eigenvalue weighted by Gasteiger charge is 2.38. The van der Waals surface area contributed by atoms with Gasteiger partial charge in [0.1, 0.15) is 5.82 Å². The van der Waals surface area contributed by atoms with E-state index < -0.39 is 23.4 Å². The van der Waals surface area contributed by atoms with Crippen molar-refractivity contribution in [1.82, 2.24) is 9.78 Å². The molecule has 0 fully saturated rings. The van der Waals surface area contributed by atoms with Crippen LogP contribution in [-0.2, 0) is 6.18 Å². The Bertz CT molecular complexity index is 591. The van der Waals surface area contributed by atoms with Gasteiger partial charge in [0.05, 0.1) is 22.6 Å². The summed E-state index contributed by atoms with van der Waals surface area (Å²) in [6, 6.07) is 3.21. The van der Waals surface area contributed by atoms with Crippen LogP contribution in [0.4, 0.5) is 23.2 Å². The number of aromatic nitrogens is 2. The molecule has 2 rings (SSSR count). The lowest BCUT2D eigenvalue weighted by molar-refractivity contribution is -0.142. The summed E-state index contributed by atoms with van der Waals surface area (Å²) in [4.78, 5) is 0. The van der Waals surface area contributed by atoms with E-state index in [9.17, 15) is 17.6 Å². The maximum Gasteiger partial charge on any atom is 0.435 e. The van der Waals surface area contributed by atoms with E-state index >= 15 is 0 Å². The molecule has 0 aliphatic heterocycles. The fourth-order valence-electron chi connectivity index (χ4n) is 1.46. The molecular formula is C10H6ClF4N3. The number of nitrogens with zero attached hydrogens (tertiary/aromatic N) is 2. The predicted octanol–water partition coefficient (Wildman–Crippen LogP) is 3.27. The average molecular weight is 280 g/mol. The summed E-state index contributed by atoms with van der Waals surface area (Å²) in [6.07, 6.45) is -3.83. The summed E-state index contributed by atoms with van der Waals surface area (Å²) in [5.74, 6) is -0.837. The fourth-order valence-corrected chi connectivity index (χ4v) is 1.57. The molecule has 0 amide bonds. The minimum absolute atomic E-state index is 0.110. The monoisotopic (exact) mass is 279 g/mol. The van der Waals surface area contributed by atoms with Gasteiger partial charge in [-0.15, -0.1) is 0 Å². The second kappa shape index (κ2) is 4.16. The maximum absolute atomic E-state index is 13.2. The lowest BCUT2D eigenvalue weighted by Crippen LogP contribution is -2.15. The lowest BCUT2D eigenvalue weighted by Gasteiger charge is -2.11. The molecule has 0 atom stereocenters. The van der Waals surface area contributed by atoms with Crippen LogP contribution in [0.2, 0.25) is 5.02 Å². The van der Waals surface area contributed by atoms with E-state index in [1.165, 1.54) is 6.07 Å². The van der Waals surface area contributed by atoms with E-state index in [4.69, 9.17) is 17.3 Å². The molecule has 0 aliphatic rings. The first-order valence-corrected chi connectivity index (χ1v) is 5.04. The second-order valence-electron chi connectivity index (χ2n) is 3.46. The molecule has 3 nitrogen and oxygen atoms in total. The van der Waals surface area contributed by atoms with Crippen molar-refractivity contribution in [3.8, 4) is 5.69 Å².